The molecule has 1 atom stereocenters. The molecule has 1 unspecified atom stereocenters. The van der Waals surface area contributed by atoms with Crippen LogP contribution in [0.3, 0.4) is 0 Å². The SMILES string of the molecule is CN1CCCC(CNc2ncccc2F)C1. The maximum atomic E-state index is 13.3. The lowest BCUT2D eigenvalue weighted by Crippen LogP contribution is -2.35. The molecule has 0 saturated carbocycles. The number of hydrogen-bond acceptors (Lipinski definition) is 3. The Morgan fingerprint density at radius 3 is 3.25 bits per heavy atom. The normalized spacial score (nSPS) is 22.0. The second kappa shape index (κ2) is 5.25. The highest BCUT2D eigenvalue weighted by atomic mass is 19.1. The Bertz CT molecular complexity index is 343. The Morgan fingerprint density at radius 2 is 2.50 bits per heavy atom. The molecule has 2 rings (SSSR count). The summed E-state index contributed by atoms with van der Waals surface area (Å²) in [5.41, 5.74) is 0. The van der Waals surface area contributed by atoms with E-state index in [-0.39, 0.29) is 5.82 Å². The van der Waals surface area contributed by atoms with E-state index in [4.69, 9.17) is 0 Å². The van der Waals surface area contributed by atoms with Gasteiger partial charge in [-0.25, -0.2) is 9.37 Å². The third-order valence-corrected chi connectivity index (χ3v) is 3.04. The second-order valence-electron chi connectivity index (χ2n) is 4.49. The number of likely N-dealkylation sites (tertiary alicyclic amines) is 1. The minimum absolute atomic E-state index is 0.272. The van der Waals surface area contributed by atoms with Crippen LogP contribution in [0.1, 0.15) is 12.8 Å². The summed E-state index contributed by atoms with van der Waals surface area (Å²) >= 11 is 0. The third-order valence-electron chi connectivity index (χ3n) is 3.04. The molecule has 88 valence electrons. The fourth-order valence-corrected chi connectivity index (χ4v) is 2.20. The van der Waals surface area contributed by atoms with Crippen LogP contribution < -0.4 is 5.32 Å². The van der Waals surface area contributed by atoms with Crippen molar-refractivity contribution >= 4 is 5.82 Å². The van der Waals surface area contributed by atoms with Crippen molar-refractivity contribution in [2.75, 3.05) is 32.0 Å². The molecule has 0 amide bonds. The number of pyridine rings is 1. The van der Waals surface area contributed by atoms with Gasteiger partial charge in [0.05, 0.1) is 0 Å². The zero-order valence-corrected chi connectivity index (χ0v) is 9.62. The van der Waals surface area contributed by atoms with Crippen LogP contribution in [-0.4, -0.2) is 36.6 Å². The molecule has 1 aliphatic heterocycles. The van der Waals surface area contributed by atoms with Gasteiger partial charge in [0, 0.05) is 19.3 Å². The zero-order chi connectivity index (χ0) is 11.4. The van der Waals surface area contributed by atoms with E-state index in [2.05, 4.69) is 22.2 Å². The number of nitrogens with one attached hydrogen (secondary N) is 1. The van der Waals surface area contributed by atoms with E-state index in [1.54, 1.807) is 12.3 Å². The van der Waals surface area contributed by atoms with Crippen LogP contribution in [0.25, 0.3) is 0 Å². The van der Waals surface area contributed by atoms with E-state index >= 15 is 0 Å². The van der Waals surface area contributed by atoms with Gasteiger partial charge in [0.2, 0.25) is 0 Å². The quantitative estimate of drug-likeness (QED) is 0.849. The topological polar surface area (TPSA) is 28.2 Å². The number of piperidine rings is 1. The van der Waals surface area contributed by atoms with Gasteiger partial charge < -0.3 is 10.2 Å². The molecule has 1 fully saturated rings. The van der Waals surface area contributed by atoms with Gasteiger partial charge in [0.25, 0.3) is 0 Å². The van der Waals surface area contributed by atoms with Gasteiger partial charge in [-0.05, 0) is 44.5 Å². The molecule has 0 bridgehead atoms. The predicted molar refractivity (Wildman–Crippen MR) is 62.9 cm³/mol. The van der Waals surface area contributed by atoms with Gasteiger partial charge in [-0.1, -0.05) is 0 Å². The molecule has 1 N–H and O–H groups in total. The van der Waals surface area contributed by atoms with E-state index < -0.39 is 0 Å². The number of rotatable bonds is 3. The molecule has 3 nitrogen and oxygen atoms in total. The van der Waals surface area contributed by atoms with Gasteiger partial charge >= 0.3 is 0 Å². The van der Waals surface area contributed by atoms with E-state index in [9.17, 15) is 4.39 Å². The molecular weight excluding hydrogens is 205 g/mol. The van der Waals surface area contributed by atoms with Crippen LogP contribution in [-0.2, 0) is 0 Å². The first-order valence-corrected chi connectivity index (χ1v) is 5.78. The van der Waals surface area contributed by atoms with Gasteiger partial charge in [0.1, 0.15) is 0 Å². The molecule has 0 aliphatic carbocycles. The summed E-state index contributed by atoms with van der Waals surface area (Å²) in [6.45, 7) is 3.06. The van der Waals surface area contributed by atoms with Crippen molar-refractivity contribution in [3.63, 3.8) is 0 Å². The zero-order valence-electron chi connectivity index (χ0n) is 9.62. The Hall–Kier alpha value is -1.16. The monoisotopic (exact) mass is 223 g/mol. The molecule has 0 radical (unpaired) electrons. The van der Waals surface area contributed by atoms with Crippen LogP contribution in [0.2, 0.25) is 0 Å². The maximum Gasteiger partial charge on any atom is 0.165 e. The molecule has 4 heteroatoms. The standard InChI is InChI=1S/C12H18FN3/c1-16-7-3-4-10(9-16)8-15-12-11(13)5-2-6-14-12/h2,5-6,10H,3-4,7-9H2,1H3,(H,14,15). The highest BCUT2D eigenvalue weighted by Gasteiger charge is 2.17. The van der Waals surface area contributed by atoms with Gasteiger partial charge in [-0.3, -0.25) is 0 Å². The lowest BCUT2D eigenvalue weighted by Gasteiger charge is -2.29. The molecular formula is C12H18FN3. The van der Waals surface area contributed by atoms with Crippen molar-refractivity contribution in [2.45, 2.75) is 12.8 Å². The highest BCUT2D eigenvalue weighted by Crippen LogP contribution is 2.16. The molecule has 2 heterocycles. The van der Waals surface area contributed by atoms with Crippen molar-refractivity contribution in [3.05, 3.63) is 24.1 Å². The lowest BCUT2D eigenvalue weighted by molar-refractivity contribution is 0.217. The summed E-state index contributed by atoms with van der Waals surface area (Å²) < 4.78 is 13.3. The van der Waals surface area contributed by atoms with E-state index in [0.717, 1.165) is 13.1 Å². The Labute approximate surface area is 95.7 Å². The lowest BCUT2D eigenvalue weighted by atomic mass is 9.98. The minimum Gasteiger partial charge on any atom is -0.367 e. The van der Waals surface area contributed by atoms with Crippen molar-refractivity contribution < 1.29 is 4.39 Å². The highest BCUT2D eigenvalue weighted by molar-refractivity contribution is 5.35. The average Bonchev–Trinajstić information content (AvgIpc) is 2.28. The Balaban J connectivity index is 1.85. The van der Waals surface area contributed by atoms with Gasteiger partial charge in [0.15, 0.2) is 11.6 Å². The van der Waals surface area contributed by atoms with E-state index in [1.807, 2.05) is 0 Å². The van der Waals surface area contributed by atoms with Crippen LogP contribution in [0.15, 0.2) is 18.3 Å². The Kier molecular flexibility index (Phi) is 3.72. The third kappa shape index (κ3) is 2.92. The molecule has 1 aliphatic rings. The van der Waals surface area contributed by atoms with Crippen molar-refractivity contribution in [1.29, 1.82) is 0 Å². The molecule has 1 aromatic heterocycles. The predicted octanol–water partition coefficient (Wildman–Crippen LogP) is 1.97. The van der Waals surface area contributed by atoms with E-state index in [0.29, 0.717) is 11.7 Å². The van der Waals surface area contributed by atoms with Crippen LogP contribution in [0.5, 0.6) is 0 Å². The Morgan fingerprint density at radius 1 is 1.62 bits per heavy atom. The van der Waals surface area contributed by atoms with Crippen molar-refractivity contribution in [1.82, 2.24) is 9.88 Å². The number of nitrogens with zero attached hydrogens (tertiary/aromatic N) is 2. The van der Waals surface area contributed by atoms with E-state index in [1.165, 1.54) is 25.5 Å². The second-order valence-corrected chi connectivity index (χ2v) is 4.49. The molecule has 16 heavy (non-hydrogen) atoms. The first-order chi connectivity index (χ1) is 7.75. The minimum atomic E-state index is -0.272. The summed E-state index contributed by atoms with van der Waals surface area (Å²) in [4.78, 5) is 6.31. The average molecular weight is 223 g/mol. The van der Waals surface area contributed by atoms with Gasteiger partial charge in [-0.15, -0.1) is 0 Å². The van der Waals surface area contributed by atoms with Gasteiger partial charge in [-0.2, -0.15) is 0 Å². The summed E-state index contributed by atoms with van der Waals surface area (Å²) in [6.07, 6.45) is 4.05. The van der Waals surface area contributed by atoms with Crippen LogP contribution in [0.4, 0.5) is 10.2 Å². The number of aromatic nitrogens is 1. The first-order valence-electron chi connectivity index (χ1n) is 5.78. The number of halogens is 1. The number of hydrogen-bond donors (Lipinski definition) is 1. The molecule has 1 saturated heterocycles. The molecule has 0 aromatic carbocycles. The fraction of sp³-hybridized carbons (Fsp3) is 0.583. The van der Waals surface area contributed by atoms with Crippen LogP contribution >= 0.6 is 0 Å². The summed E-state index contributed by atoms with van der Waals surface area (Å²) in [6, 6.07) is 3.04. The largest absolute Gasteiger partial charge is 0.367 e. The summed E-state index contributed by atoms with van der Waals surface area (Å²) in [7, 11) is 2.13. The summed E-state index contributed by atoms with van der Waals surface area (Å²) in [5, 5.41) is 3.09. The smallest absolute Gasteiger partial charge is 0.165 e. The number of anilines is 1. The fourth-order valence-electron chi connectivity index (χ4n) is 2.20. The first kappa shape index (κ1) is 11.3. The van der Waals surface area contributed by atoms with Crippen molar-refractivity contribution in [2.24, 2.45) is 5.92 Å². The summed E-state index contributed by atoms with van der Waals surface area (Å²) in [5.74, 6) is 0.697. The van der Waals surface area contributed by atoms with Crippen molar-refractivity contribution in [3.8, 4) is 0 Å². The maximum absolute atomic E-state index is 13.3. The van der Waals surface area contributed by atoms with Crippen LogP contribution in [0, 0.1) is 11.7 Å². The molecule has 1 aromatic rings. The molecule has 0 spiro atoms.